The third-order valence-corrected chi connectivity index (χ3v) is 5.29. The molecule has 0 bridgehead atoms. The number of nitrogens with one attached hydrogen (secondary N) is 4. The number of amides is 3. The van der Waals surface area contributed by atoms with Crippen LogP contribution in [0.4, 0.5) is 0 Å². The Morgan fingerprint density at radius 1 is 0.871 bits per heavy atom. The molecular formula is C22H40N4O5. The van der Waals surface area contributed by atoms with E-state index in [1.54, 1.807) is 13.8 Å². The molecule has 178 valence electrons. The lowest BCUT2D eigenvalue weighted by Crippen LogP contribution is -2.58. The van der Waals surface area contributed by atoms with E-state index < -0.39 is 35.9 Å². The number of rotatable bonds is 12. The van der Waals surface area contributed by atoms with Crippen molar-refractivity contribution in [3.8, 4) is 0 Å². The molecule has 0 spiro atoms. The maximum absolute atomic E-state index is 13.0. The molecule has 4 atom stereocenters. The molecular weight excluding hydrogens is 400 g/mol. The number of hydrogen-bond donors (Lipinski definition) is 5. The molecule has 1 heterocycles. The minimum absolute atomic E-state index is 0.0864. The van der Waals surface area contributed by atoms with Gasteiger partial charge in [-0.15, -0.1) is 0 Å². The van der Waals surface area contributed by atoms with Crippen molar-refractivity contribution in [3.63, 3.8) is 0 Å². The summed E-state index contributed by atoms with van der Waals surface area (Å²) in [6, 6.07) is -3.00. The standard InChI is InChI=1S/C22H40N4O5/c1-12(2)10-16(24-19(27)15-8-7-9-23-15)20(28)26-18(14(5)6)21(29)25-17(22(30)31)11-13(3)4/h12-18,23H,7-11H2,1-6H3,(H,24,27)(H,25,29)(H,26,28)(H,30,31). The van der Waals surface area contributed by atoms with Gasteiger partial charge in [0.1, 0.15) is 18.1 Å². The third-order valence-electron chi connectivity index (χ3n) is 5.29. The van der Waals surface area contributed by atoms with E-state index in [9.17, 15) is 24.3 Å². The van der Waals surface area contributed by atoms with E-state index in [4.69, 9.17) is 0 Å². The van der Waals surface area contributed by atoms with Crippen LogP contribution in [-0.2, 0) is 19.2 Å². The van der Waals surface area contributed by atoms with Crippen LogP contribution in [0.2, 0.25) is 0 Å². The minimum atomic E-state index is -1.11. The largest absolute Gasteiger partial charge is 0.480 e. The second kappa shape index (κ2) is 12.6. The molecule has 1 fully saturated rings. The van der Waals surface area contributed by atoms with E-state index >= 15 is 0 Å². The highest BCUT2D eigenvalue weighted by atomic mass is 16.4. The van der Waals surface area contributed by atoms with Gasteiger partial charge in [0, 0.05) is 0 Å². The first-order valence-electron chi connectivity index (χ1n) is 11.3. The molecule has 1 aliphatic rings. The van der Waals surface area contributed by atoms with Crippen molar-refractivity contribution in [2.75, 3.05) is 6.54 Å². The molecule has 1 aliphatic heterocycles. The topological polar surface area (TPSA) is 137 Å². The first kappa shape index (κ1) is 26.9. The first-order chi connectivity index (χ1) is 14.4. The molecule has 3 amide bonds. The second-order valence-corrected chi connectivity index (χ2v) is 9.60. The van der Waals surface area contributed by atoms with Gasteiger partial charge in [0.05, 0.1) is 6.04 Å². The molecule has 5 N–H and O–H groups in total. The fourth-order valence-electron chi connectivity index (χ4n) is 3.63. The van der Waals surface area contributed by atoms with Crippen LogP contribution >= 0.6 is 0 Å². The van der Waals surface area contributed by atoms with Gasteiger partial charge in [0.15, 0.2) is 0 Å². The van der Waals surface area contributed by atoms with Crippen molar-refractivity contribution in [1.82, 2.24) is 21.3 Å². The lowest BCUT2D eigenvalue weighted by Gasteiger charge is -2.28. The molecule has 0 aromatic rings. The Hall–Kier alpha value is -2.16. The Labute approximate surface area is 185 Å². The summed E-state index contributed by atoms with van der Waals surface area (Å²) in [5.41, 5.74) is 0. The molecule has 0 aromatic carbocycles. The van der Waals surface area contributed by atoms with Crippen LogP contribution in [0, 0.1) is 17.8 Å². The first-order valence-corrected chi connectivity index (χ1v) is 11.3. The zero-order valence-corrected chi connectivity index (χ0v) is 19.7. The van der Waals surface area contributed by atoms with Crippen LogP contribution in [0.25, 0.3) is 0 Å². The average molecular weight is 441 g/mol. The van der Waals surface area contributed by atoms with Gasteiger partial charge in [0.2, 0.25) is 17.7 Å². The lowest BCUT2D eigenvalue weighted by molar-refractivity contribution is -0.143. The number of carbonyl (C=O) groups is 4. The predicted octanol–water partition coefficient (Wildman–Crippen LogP) is 1.03. The summed E-state index contributed by atoms with van der Waals surface area (Å²) in [6.45, 7) is 12.0. The smallest absolute Gasteiger partial charge is 0.326 e. The maximum Gasteiger partial charge on any atom is 0.326 e. The van der Waals surface area contributed by atoms with Crippen molar-refractivity contribution >= 4 is 23.7 Å². The molecule has 1 rings (SSSR count). The lowest BCUT2D eigenvalue weighted by atomic mass is 9.98. The highest BCUT2D eigenvalue weighted by molar-refractivity contribution is 5.94. The van der Waals surface area contributed by atoms with Crippen molar-refractivity contribution in [2.45, 2.75) is 91.4 Å². The summed E-state index contributed by atoms with van der Waals surface area (Å²) in [6.07, 6.45) is 2.36. The Kier molecular flexibility index (Phi) is 11.0. The van der Waals surface area contributed by atoms with Crippen LogP contribution in [0.15, 0.2) is 0 Å². The van der Waals surface area contributed by atoms with Crippen LogP contribution < -0.4 is 21.3 Å². The summed E-state index contributed by atoms with van der Waals surface area (Å²) in [4.78, 5) is 49.8. The van der Waals surface area contributed by atoms with Gasteiger partial charge in [-0.2, -0.15) is 0 Å². The predicted molar refractivity (Wildman–Crippen MR) is 118 cm³/mol. The summed E-state index contributed by atoms with van der Waals surface area (Å²) < 4.78 is 0. The summed E-state index contributed by atoms with van der Waals surface area (Å²) in [5.74, 6) is -2.32. The Bertz CT molecular complexity index is 629. The van der Waals surface area contributed by atoms with Crippen molar-refractivity contribution < 1.29 is 24.3 Å². The molecule has 4 unspecified atom stereocenters. The van der Waals surface area contributed by atoms with Gasteiger partial charge >= 0.3 is 5.97 Å². The van der Waals surface area contributed by atoms with Crippen molar-refractivity contribution in [2.24, 2.45) is 17.8 Å². The normalized spacial score (nSPS) is 19.2. The van der Waals surface area contributed by atoms with Crippen molar-refractivity contribution in [1.29, 1.82) is 0 Å². The van der Waals surface area contributed by atoms with E-state index in [1.807, 2.05) is 27.7 Å². The zero-order chi connectivity index (χ0) is 23.7. The Morgan fingerprint density at radius 2 is 1.45 bits per heavy atom. The molecule has 0 radical (unpaired) electrons. The fourth-order valence-corrected chi connectivity index (χ4v) is 3.63. The average Bonchev–Trinajstić information content (AvgIpc) is 3.18. The van der Waals surface area contributed by atoms with Gasteiger partial charge in [-0.25, -0.2) is 4.79 Å². The number of hydrogen-bond acceptors (Lipinski definition) is 5. The van der Waals surface area contributed by atoms with E-state index in [-0.39, 0.29) is 29.7 Å². The summed E-state index contributed by atoms with van der Waals surface area (Å²) in [7, 11) is 0. The van der Waals surface area contributed by atoms with Gasteiger partial charge in [0.25, 0.3) is 0 Å². The monoisotopic (exact) mass is 440 g/mol. The van der Waals surface area contributed by atoms with Gasteiger partial charge in [-0.3, -0.25) is 14.4 Å². The second-order valence-electron chi connectivity index (χ2n) is 9.60. The summed E-state index contributed by atoms with van der Waals surface area (Å²) >= 11 is 0. The van der Waals surface area contributed by atoms with Crippen LogP contribution in [0.5, 0.6) is 0 Å². The number of carboxylic acids is 1. The number of carboxylic acid groups (broad SMARTS) is 1. The maximum atomic E-state index is 13.0. The Morgan fingerprint density at radius 3 is 1.90 bits per heavy atom. The molecule has 0 aromatic heterocycles. The third kappa shape index (κ3) is 9.25. The Balaban J connectivity index is 2.87. The van der Waals surface area contributed by atoms with Gasteiger partial charge in [-0.1, -0.05) is 41.5 Å². The molecule has 0 aliphatic carbocycles. The molecule has 1 saturated heterocycles. The molecule has 31 heavy (non-hydrogen) atoms. The van der Waals surface area contributed by atoms with E-state index in [0.29, 0.717) is 12.8 Å². The minimum Gasteiger partial charge on any atom is -0.480 e. The van der Waals surface area contributed by atoms with E-state index in [1.165, 1.54) is 0 Å². The highest BCUT2D eigenvalue weighted by Gasteiger charge is 2.33. The SMILES string of the molecule is CC(C)CC(NC(=O)C(NC(=O)C(CC(C)C)NC(=O)C1CCCN1)C(C)C)C(=O)O. The zero-order valence-electron chi connectivity index (χ0n) is 19.7. The van der Waals surface area contributed by atoms with Gasteiger partial charge < -0.3 is 26.4 Å². The molecule has 9 heteroatoms. The summed E-state index contributed by atoms with van der Waals surface area (Å²) in [5, 5.41) is 20.6. The van der Waals surface area contributed by atoms with Gasteiger partial charge in [-0.05, 0) is 50.0 Å². The molecule has 9 nitrogen and oxygen atoms in total. The van der Waals surface area contributed by atoms with E-state index in [2.05, 4.69) is 21.3 Å². The number of carbonyl (C=O) groups excluding carboxylic acids is 3. The van der Waals surface area contributed by atoms with Crippen molar-refractivity contribution in [3.05, 3.63) is 0 Å². The highest BCUT2D eigenvalue weighted by Crippen LogP contribution is 2.11. The van der Waals surface area contributed by atoms with Crippen LogP contribution in [0.3, 0.4) is 0 Å². The van der Waals surface area contributed by atoms with E-state index in [0.717, 1.165) is 19.4 Å². The van der Waals surface area contributed by atoms with Crippen LogP contribution in [-0.4, -0.2) is 59.5 Å². The quantitative estimate of drug-likeness (QED) is 0.307. The molecule has 0 saturated carbocycles. The van der Waals surface area contributed by atoms with Crippen LogP contribution in [0.1, 0.15) is 67.2 Å². The fraction of sp³-hybridized carbons (Fsp3) is 0.818. The number of aliphatic carboxylic acids is 1.